The minimum absolute atomic E-state index is 0. The van der Waals surface area contributed by atoms with Crippen molar-refractivity contribution in [2.75, 3.05) is 13.1 Å². The molecule has 16 nitrogen and oxygen atoms in total. The Morgan fingerprint density at radius 1 is 0.659 bits per heavy atom. The molecule has 0 aromatic heterocycles. The molecule has 16 heteroatoms. The smallest absolute Gasteiger partial charge is 0.244 e. The monoisotopic (exact) mass is 572 g/mol. The average molecular weight is 573 g/mol. The van der Waals surface area contributed by atoms with Gasteiger partial charge in [-0.2, -0.15) is 20.0 Å². The summed E-state index contributed by atoms with van der Waals surface area (Å²) < 4.78 is 0. The van der Waals surface area contributed by atoms with Gasteiger partial charge in [0.25, 0.3) is 0 Å². The molecule has 0 saturated carbocycles. The number of carbonyl (C=O) groups excluding carboxylic acids is 4. The van der Waals surface area contributed by atoms with E-state index in [4.69, 9.17) is 22.9 Å². The first-order valence-electron chi connectivity index (χ1n) is 12.9. The van der Waals surface area contributed by atoms with Crippen LogP contribution in [-0.4, -0.2) is 91.7 Å². The molecule has 0 aliphatic carbocycles. The standard InChI is InChI=1S/2C12H18N6O2.CH4/c2*1-3-7-12(18-8(19)5-6-9(18)20)16-10(13)15-11(14)17(12)4-2;/h2*3,7H,4-6H2,1-2H3,(H4,13,14,15,16);1H4. The van der Waals surface area contributed by atoms with E-state index >= 15 is 0 Å². The average Bonchev–Trinajstić information content (AvgIpc) is 3.39. The predicted octanol–water partition coefficient (Wildman–Crippen LogP) is -0.703. The maximum absolute atomic E-state index is 12.1. The molecule has 4 aliphatic rings. The number of allylic oxidation sites excluding steroid dienone is 2. The second-order valence-electron chi connectivity index (χ2n) is 8.99. The summed E-state index contributed by atoms with van der Waals surface area (Å²) >= 11 is 0. The number of rotatable bonds is 6. The number of hydrogen-bond acceptors (Lipinski definition) is 14. The minimum atomic E-state index is -1.34. The van der Waals surface area contributed by atoms with Crippen LogP contribution in [0, 0.1) is 0 Å². The van der Waals surface area contributed by atoms with Crippen molar-refractivity contribution in [3.05, 3.63) is 24.3 Å². The zero-order valence-corrected chi connectivity index (χ0v) is 23.1. The lowest BCUT2D eigenvalue weighted by molar-refractivity contribution is -0.150. The third kappa shape index (κ3) is 5.62. The zero-order chi connectivity index (χ0) is 29.8. The van der Waals surface area contributed by atoms with Crippen LogP contribution in [0.4, 0.5) is 0 Å². The normalized spacial score (nSPS) is 26.6. The van der Waals surface area contributed by atoms with Gasteiger partial charge >= 0.3 is 0 Å². The van der Waals surface area contributed by atoms with Gasteiger partial charge in [0.2, 0.25) is 59.0 Å². The molecule has 2 saturated heterocycles. The summed E-state index contributed by atoms with van der Waals surface area (Å²) in [6.45, 7) is 8.06. The molecule has 2 fully saturated rings. The molecule has 2 unspecified atom stereocenters. The van der Waals surface area contributed by atoms with Crippen LogP contribution >= 0.6 is 0 Å². The molecule has 0 radical (unpaired) electrons. The molecule has 4 aliphatic heterocycles. The number of carbonyl (C=O) groups is 4. The molecule has 2 atom stereocenters. The van der Waals surface area contributed by atoms with E-state index in [1.165, 1.54) is 0 Å². The van der Waals surface area contributed by atoms with Crippen LogP contribution in [0.5, 0.6) is 0 Å². The van der Waals surface area contributed by atoms with E-state index < -0.39 is 11.6 Å². The number of imide groups is 2. The van der Waals surface area contributed by atoms with Crippen molar-refractivity contribution >= 4 is 47.5 Å². The lowest BCUT2D eigenvalue weighted by atomic mass is 10.2. The molecule has 4 heterocycles. The van der Waals surface area contributed by atoms with Crippen molar-refractivity contribution in [2.24, 2.45) is 42.9 Å². The molecule has 8 N–H and O–H groups in total. The highest BCUT2D eigenvalue weighted by atomic mass is 16.2. The highest BCUT2D eigenvalue weighted by Gasteiger charge is 2.52. The highest BCUT2D eigenvalue weighted by Crippen LogP contribution is 2.33. The van der Waals surface area contributed by atoms with E-state index in [1.807, 2.05) is 13.8 Å². The highest BCUT2D eigenvalue weighted by molar-refractivity contribution is 6.06. The summed E-state index contributed by atoms with van der Waals surface area (Å²) in [5, 5.41) is 0. The summed E-state index contributed by atoms with van der Waals surface area (Å²) in [6, 6.07) is 0. The maximum Gasteiger partial charge on any atom is 0.244 e. The van der Waals surface area contributed by atoms with Gasteiger partial charge in [-0.15, -0.1) is 0 Å². The Morgan fingerprint density at radius 2 is 0.951 bits per heavy atom. The number of aliphatic imine (C=N–C) groups is 4. The lowest BCUT2D eigenvalue weighted by Crippen LogP contribution is -2.65. The molecule has 41 heavy (non-hydrogen) atoms. The molecule has 0 spiro atoms. The van der Waals surface area contributed by atoms with Crippen molar-refractivity contribution in [1.29, 1.82) is 0 Å². The molecule has 0 aromatic carbocycles. The van der Waals surface area contributed by atoms with Gasteiger partial charge < -0.3 is 22.9 Å². The molecule has 0 aromatic rings. The fourth-order valence-corrected chi connectivity index (χ4v) is 5.07. The van der Waals surface area contributed by atoms with Crippen LogP contribution in [0.3, 0.4) is 0 Å². The minimum Gasteiger partial charge on any atom is -0.369 e. The van der Waals surface area contributed by atoms with Gasteiger partial charge in [-0.1, -0.05) is 19.6 Å². The van der Waals surface area contributed by atoms with Gasteiger partial charge in [0, 0.05) is 38.8 Å². The van der Waals surface area contributed by atoms with Gasteiger partial charge in [-0.25, -0.2) is 9.80 Å². The number of likely N-dealkylation sites (tertiary alicyclic amines) is 2. The van der Waals surface area contributed by atoms with Crippen LogP contribution < -0.4 is 22.9 Å². The summed E-state index contributed by atoms with van der Waals surface area (Å²) in [5.41, 5.74) is 23.1. The molecule has 4 rings (SSSR count). The molecule has 4 amide bonds. The number of nitrogens with two attached hydrogens (primary N) is 4. The topological polar surface area (TPSA) is 235 Å². The first-order chi connectivity index (χ1) is 18.9. The van der Waals surface area contributed by atoms with Crippen LogP contribution in [0.15, 0.2) is 44.3 Å². The Kier molecular flexibility index (Phi) is 9.98. The number of guanidine groups is 4. The first kappa shape index (κ1) is 32.5. The van der Waals surface area contributed by atoms with E-state index in [0.29, 0.717) is 13.1 Å². The summed E-state index contributed by atoms with van der Waals surface area (Å²) in [5.74, 6) is -3.72. The fraction of sp³-hybridized carbons (Fsp3) is 0.520. The Morgan fingerprint density at radius 3 is 1.20 bits per heavy atom. The van der Waals surface area contributed by atoms with E-state index in [9.17, 15) is 19.2 Å². The van der Waals surface area contributed by atoms with Crippen molar-refractivity contribution < 1.29 is 19.2 Å². The van der Waals surface area contributed by atoms with E-state index in [2.05, 4.69) is 20.0 Å². The first-order valence-corrected chi connectivity index (χ1v) is 12.9. The predicted molar refractivity (Wildman–Crippen MR) is 155 cm³/mol. The second-order valence-corrected chi connectivity index (χ2v) is 8.99. The zero-order valence-electron chi connectivity index (χ0n) is 23.1. The third-order valence-corrected chi connectivity index (χ3v) is 6.54. The fourth-order valence-electron chi connectivity index (χ4n) is 5.07. The van der Waals surface area contributed by atoms with Crippen LogP contribution in [-0.2, 0) is 19.2 Å². The van der Waals surface area contributed by atoms with Gasteiger partial charge in [0.15, 0.2) is 0 Å². The van der Waals surface area contributed by atoms with Crippen LogP contribution in [0.25, 0.3) is 0 Å². The summed E-state index contributed by atoms with van der Waals surface area (Å²) in [7, 11) is 0. The quantitative estimate of drug-likeness (QED) is 0.230. The number of nitrogens with zero attached hydrogens (tertiary/aromatic N) is 8. The molecule has 224 valence electrons. The molecule has 0 bridgehead atoms. The third-order valence-electron chi connectivity index (χ3n) is 6.54. The SMILES string of the molecule is C.CC=CC1(N2C(=O)CCC2=O)N=C(N)N=C(N)N1CC.CC=CC1(N2C(=O)CCC2=O)N=C(N)N=C(N)N1CC. The van der Waals surface area contributed by atoms with Crippen molar-refractivity contribution in [3.8, 4) is 0 Å². The van der Waals surface area contributed by atoms with Gasteiger partial charge in [-0.3, -0.25) is 29.0 Å². The van der Waals surface area contributed by atoms with E-state index in [-0.39, 0.29) is 80.6 Å². The lowest BCUT2D eigenvalue weighted by Gasteiger charge is -2.45. The summed E-state index contributed by atoms with van der Waals surface area (Å²) in [4.78, 5) is 70.0. The Labute approximate surface area is 239 Å². The van der Waals surface area contributed by atoms with Crippen molar-refractivity contribution in [1.82, 2.24) is 19.6 Å². The molecular formula is C25H40N12O4. The van der Waals surface area contributed by atoms with Crippen LogP contribution in [0.1, 0.15) is 60.8 Å². The second kappa shape index (κ2) is 12.6. The molecular weight excluding hydrogens is 532 g/mol. The van der Waals surface area contributed by atoms with Crippen molar-refractivity contribution in [3.63, 3.8) is 0 Å². The number of hydrogen-bond donors (Lipinski definition) is 4. The summed E-state index contributed by atoms with van der Waals surface area (Å²) in [6.07, 6.45) is 7.35. The van der Waals surface area contributed by atoms with Crippen LogP contribution in [0.2, 0.25) is 0 Å². The maximum atomic E-state index is 12.1. The Hall–Kier alpha value is -4.76. The van der Waals surface area contributed by atoms with Gasteiger partial charge in [-0.05, 0) is 39.8 Å². The Bertz CT molecular complexity index is 1140. The number of likely N-dealkylation sites (N-methyl/N-ethyl adjacent to an activating group) is 2. The van der Waals surface area contributed by atoms with E-state index in [0.717, 1.165) is 9.80 Å². The van der Waals surface area contributed by atoms with Gasteiger partial charge in [0.05, 0.1) is 0 Å². The largest absolute Gasteiger partial charge is 0.369 e. The van der Waals surface area contributed by atoms with Crippen molar-refractivity contribution in [2.45, 2.75) is 72.4 Å². The number of amides is 4. The van der Waals surface area contributed by atoms with Gasteiger partial charge in [0.1, 0.15) is 0 Å². The van der Waals surface area contributed by atoms with E-state index in [1.54, 1.807) is 48.0 Å². The Balaban J connectivity index is 0.000000280.